The van der Waals surface area contributed by atoms with Gasteiger partial charge in [-0.15, -0.1) is 5.10 Å². The molecule has 26 heavy (non-hydrogen) atoms. The number of anilines is 1. The molecule has 8 heteroatoms. The maximum Gasteiger partial charge on any atom is 0.256 e. The van der Waals surface area contributed by atoms with E-state index in [2.05, 4.69) is 25.5 Å². The molecule has 128 valence electrons. The Morgan fingerprint density at radius 2 is 1.85 bits per heavy atom. The molecule has 4 rings (SSSR count). The molecular weight excluding hydrogens is 373 g/mol. The molecule has 0 unspecified atom stereocenters. The van der Waals surface area contributed by atoms with E-state index < -0.39 is 0 Å². The Morgan fingerprint density at radius 3 is 2.58 bits per heavy atom. The summed E-state index contributed by atoms with van der Waals surface area (Å²) in [5, 5.41) is 11.3. The van der Waals surface area contributed by atoms with E-state index in [1.807, 2.05) is 0 Å². The van der Waals surface area contributed by atoms with Gasteiger partial charge in [0.25, 0.3) is 5.91 Å². The summed E-state index contributed by atoms with van der Waals surface area (Å²) in [7, 11) is 0. The van der Waals surface area contributed by atoms with Crippen molar-refractivity contribution in [3.8, 4) is 11.4 Å². The van der Waals surface area contributed by atoms with Crippen LogP contribution in [0.5, 0.6) is 0 Å². The fourth-order valence-electron chi connectivity index (χ4n) is 2.55. The predicted octanol–water partition coefficient (Wildman–Crippen LogP) is 4.58. The number of imidazole rings is 1. The van der Waals surface area contributed by atoms with E-state index in [0.717, 1.165) is 0 Å². The molecule has 6 nitrogen and oxygen atoms in total. The smallest absolute Gasteiger partial charge is 0.256 e. The Balaban J connectivity index is 1.69. The number of aromatic amines is 1. The van der Waals surface area contributed by atoms with E-state index in [9.17, 15) is 4.79 Å². The zero-order valence-corrected chi connectivity index (χ0v) is 14.7. The second-order valence-electron chi connectivity index (χ2n) is 5.48. The van der Waals surface area contributed by atoms with Crippen molar-refractivity contribution in [1.29, 1.82) is 0 Å². The van der Waals surface area contributed by atoms with Crippen LogP contribution in [0.3, 0.4) is 0 Å². The Morgan fingerprint density at radius 1 is 1.04 bits per heavy atom. The number of carbonyl (C=O) groups is 1. The van der Waals surface area contributed by atoms with Gasteiger partial charge in [-0.25, -0.2) is 4.98 Å². The minimum Gasteiger partial charge on any atom is -0.338 e. The zero-order chi connectivity index (χ0) is 18.1. The molecule has 0 bridgehead atoms. The molecule has 0 fully saturated rings. The molecule has 4 aromatic rings. The number of aromatic nitrogens is 4. The maximum absolute atomic E-state index is 12.4. The third-order valence-corrected chi connectivity index (χ3v) is 4.39. The van der Waals surface area contributed by atoms with Gasteiger partial charge in [-0.05, 0) is 42.5 Å². The third-order valence-electron chi connectivity index (χ3n) is 3.76. The Kier molecular flexibility index (Phi) is 4.28. The van der Waals surface area contributed by atoms with Crippen molar-refractivity contribution in [2.24, 2.45) is 0 Å². The van der Waals surface area contributed by atoms with Gasteiger partial charge in [0, 0.05) is 11.8 Å². The van der Waals surface area contributed by atoms with Crippen LogP contribution in [0.25, 0.3) is 22.4 Å². The lowest BCUT2D eigenvalue weighted by Gasteiger charge is -2.03. The zero-order valence-electron chi connectivity index (χ0n) is 13.2. The van der Waals surface area contributed by atoms with Gasteiger partial charge in [-0.3, -0.25) is 4.79 Å². The van der Waals surface area contributed by atoms with Gasteiger partial charge in [0.2, 0.25) is 0 Å². The second-order valence-corrected chi connectivity index (χ2v) is 6.29. The average Bonchev–Trinajstić information content (AvgIpc) is 3.05. The van der Waals surface area contributed by atoms with Crippen molar-refractivity contribution in [1.82, 2.24) is 20.2 Å². The van der Waals surface area contributed by atoms with Crippen LogP contribution in [-0.2, 0) is 0 Å². The molecule has 0 aliphatic heterocycles. The van der Waals surface area contributed by atoms with Gasteiger partial charge in [-0.1, -0.05) is 29.3 Å². The fraction of sp³-hybridized carbons (Fsp3) is 0. The fourth-order valence-corrected chi connectivity index (χ4v) is 3.13. The number of benzene rings is 2. The van der Waals surface area contributed by atoms with Crippen LogP contribution < -0.4 is 5.32 Å². The summed E-state index contributed by atoms with van der Waals surface area (Å²) in [6.07, 6.45) is 1.54. The first kappa shape index (κ1) is 16.5. The lowest BCUT2D eigenvalue weighted by Crippen LogP contribution is -2.13. The summed E-state index contributed by atoms with van der Waals surface area (Å²) in [5.41, 5.74) is 2.48. The number of fused-ring (bicyclic) bond motifs is 1. The summed E-state index contributed by atoms with van der Waals surface area (Å²) in [6, 6.07) is 13.8. The molecule has 2 aromatic heterocycles. The second kappa shape index (κ2) is 6.74. The summed E-state index contributed by atoms with van der Waals surface area (Å²) in [6.45, 7) is 0. The van der Waals surface area contributed by atoms with Crippen LogP contribution >= 0.6 is 23.2 Å². The lowest BCUT2D eigenvalue weighted by molar-refractivity contribution is 0.102. The summed E-state index contributed by atoms with van der Waals surface area (Å²) in [4.78, 5) is 20.1. The molecule has 1 amide bonds. The Hall–Kier alpha value is -2.96. The van der Waals surface area contributed by atoms with Crippen LogP contribution in [0.1, 0.15) is 10.4 Å². The molecule has 0 aliphatic carbocycles. The number of nitrogens with zero attached hydrogens (tertiary/aromatic N) is 3. The molecule has 2 heterocycles. The third kappa shape index (κ3) is 3.12. The van der Waals surface area contributed by atoms with Crippen molar-refractivity contribution in [3.63, 3.8) is 0 Å². The van der Waals surface area contributed by atoms with Crippen molar-refractivity contribution >= 4 is 46.0 Å². The quantitative estimate of drug-likeness (QED) is 0.542. The SMILES string of the molecule is O=C(Nc1cccnn1)c1ccc2nc(-c3c(Cl)cccc3Cl)[nH]c2c1. The number of amides is 1. The monoisotopic (exact) mass is 383 g/mol. The first-order valence-corrected chi connectivity index (χ1v) is 8.40. The standard InChI is InChI=1S/C18H11Cl2N5O/c19-11-3-1-4-12(20)16(11)17-22-13-7-6-10(9-14(13)23-17)18(26)24-15-5-2-8-21-25-15/h1-9H,(H,22,23)(H,24,25,26). The average molecular weight is 384 g/mol. The highest BCUT2D eigenvalue weighted by atomic mass is 35.5. The van der Waals surface area contributed by atoms with Crippen LogP contribution in [0.15, 0.2) is 54.7 Å². The normalized spacial score (nSPS) is 10.8. The van der Waals surface area contributed by atoms with Gasteiger partial charge in [-0.2, -0.15) is 5.10 Å². The Labute approximate surface area is 158 Å². The van der Waals surface area contributed by atoms with Crippen LogP contribution in [0.4, 0.5) is 5.82 Å². The molecule has 2 aromatic carbocycles. The van der Waals surface area contributed by atoms with Crippen molar-refractivity contribution < 1.29 is 4.79 Å². The van der Waals surface area contributed by atoms with E-state index >= 15 is 0 Å². The van der Waals surface area contributed by atoms with E-state index in [1.54, 1.807) is 48.5 Å². The number of hydrogen-bond acceptors (Lipinski definition) is 4. The summed E-state index contributed by atoms with van der Waals surface area (Å²) >= 11 is 12.5. The van der Waals surface area contributed by atoms with Crippen molar-refractivity contribution in [3.05, 3.63) is 70.3 Å². The predicted molar refractivity (Wildman–Crippen MR) is 102 cm³/mol. The summed E-state index contributed by atoms with van der Waals surface area (Å²) < 4.78 is 0. The molecule has 0 spiro atoms. The summed E-state index contributed by atoms with van der Waals surface area (Å²) in [5.74, 6) is 0.632. The van der Waals surface area contributed by atoms with E-state index in [-0.39, 0.29) is 5.91 Å². The highest BCUT2D eigenvalue weighted by Crippen LogP contribution is 2.33. The van der Waals surface area contributed by atoms with Crippen LogP contribution in [0.2, 0.25) is 10.0 Å². The van der Waals surface area contributed by atoms with Crippen LogP contribution in [-0.4, -0.2) is 26.1 Å². The van der Waals surface area contributed by atoms with E-state index in [0.29, 0.717) is 43.8 Å². The topological polar surface area (TPSA) is 83.6 Å². The molecule has 0 saturated heterocycles. The van der Waals surface area contributed by atoms with E-state index in [4.69, 9.17) is 23.2 Å². The minimum absolute atomic E-state index is 0.292. The van der Waals surface area contributed by atoms with Gasteiger partial charge >= 0.3 is 0 Å². The van der Waals surface area contributed by atoms with Crippen molar-refractivity contribution in [2.45, 2.75) is 0 Å². The molecular formula is C18H11Cl2N5O. The number of nitrogens with one attached hydrogen (secondary N) is 2. The van der Waals surface area contributed by atoms with Gasteiger partial charge < -0.3 is 10.3 Å². The number of rotatable bonds is 3. The van der Waals surface area contributed by atoms with Gasteiger partial charge in [0.15, 0.2) is 5.82 Å². The Bertz CT molecular complexity index is 1090. The molecule has 2 N–H and O–H groups in total. The largest absolute Gasteiger partial charge is 0.338 e. The molecule has 0 atom stereocenters. The molecule has 0 aliphatic rings. The first-order valence-electron chi connectivity index (χ1n) is 7.65. The van der Waals surface area contributed by atoms with Gasteiger partial charge in [0.05, 0.1) is 26.6 Å². The first-order chi connectivity index (χ1) is 12.6. The number of carbonyl (C=O) groups excluding carboxylic acids is 1. The van der Waals surface area contributed by atoms with Crippen LogP contribution in [0, 0.1) is 0 Å². The highest BCUT2D eigenvalue weighted by molar-refractivity contribution is 6.39. The molecule has 0 radical (unpaired) electrons. The van der Waals surface area contributed by atoms with Crippen molar-refractivity contribution in [2.75, 3.05) is 5.32 Å². The maximum atomic E-state index is 12.4. The van der Waals surface area contributed by atoms with Gasteiger partial charge in [0.1, 0.15) is 5.82 Å². The number of hydrogen-bond donors (Lipinski definition) is 2. The minimum atomic E-state index is -0.292. The number of H-pyrrole nitrogens is 1. The number of halogens is 2. The van der Waals surface area contributed by atoms with E-state index in [1.165, 1.54) is 6.20 Å². The lowest BCUT2D eigenvalue weighted by atomic mass is 10.2. The highest BCUT2D eigenvalue weighted by Gasteiger charge is 2.14. The molecule has 0 saturated carbocycles.